The van der Waals surface area contributed by atoms with Crippen LogP contribution in [0.1, 0.15) is 194 Å². The number of ether oxygens (including phenoxy) is 3. The molecule has 0 aliphatic heterocycles. The lowest BCUT2D eigenvalue weighted by Crippen LogP contribution is -2.46. The molecule has 49 heavy (non-hydrogen) atoms. The zero-order chi connectivity index (χ0) is 36.0. The number of carbonyl (C=O) groups excluding carboxylic acids is 3. The minimum absolute atomic E-state index is 0.0972. The Morgan fingerprint density at radius 1 is 0.571 bits per heavy atom. The van der Waals surface area contributed by atoms with Gasteiger partial charge in [0.25, 0.3) is 0 Å². The van der Waals surface area contributed by atoms with E-state index in [1.165, 1.54) is 136 Å². The van der Waals surface area contributed by atoms with Gasteiger partial charge in [-0.25, -0.2) is 0 Å². The maximum Gasteiger partial charge on any atom is 0.306 e. The van der Waals surface area contributed by atoms with Gasteiger partial charge in [0.2, 0.25) is 5.91 Å². The number of amides is 1. The molecule has 0 saturated carbocycles. The van der Waals surface area contributed by atoms with Gasteiger partial charge in [-0.15, -0.1) is 0 Å². The van der Waals surface area contributed by atoms with Crippen molar-refractivity contribution in [2.24, 2.45) is 0 Å². The van der Waals surface area contributed by atoms with E-state index in [4.69, 9.17) is 14.2 Å². The normalized spacial score (nSPS) is 12.7. The molecule has 288 valence electrons. The van der Waals surface area contributed by atoms with Crippen molar-refractivity contribution in [1.29, 1.82) is 0 Å². The van der Waals surface area contributed by atoms with Crippen molar-refractivity contribution in [1.82, 2.24) is 5.32 Å². The van der Waals surface area contributed by atoms with Crippen LogP contribution in [0.25, 0.3) is 0 Å². The molecule has 2 N–H and O–H groups in total. The smallest absolute Gasteiger partial charge is 0.306 e. The first kappa shape index (κ1) is 47.1. The van der Waals surface area contributed by atoms with E-state index in [0.29, 0.717) is 13.0 Å². The highest BCUT2D eigenvalue weighted by Crippen LogP contribution is 2.14. The fraction of sp³-hybridized carbons (Fsp3) is 0.878. The number of carbonyl (C=O) groups is 3. The number of hydrogen-bond donors (Lipinski definition) is 2. The van der Waals surface area contributed by atoms with Crippen LogP contribution in [0.3, 0.4) is 0 Å². The van der Waals surface area contributed by atoms with Crippen LogP contribution in [-0.2, 0) is 28.6 Å². The van der Waals surface area contributed by atoms with Crippen LogP contribution in [0.4, 0.5) is 0 Å². The lowest BCUT2D eigenvalue weighted by Gasteiger charge is -2.22. The molecule has 0 aromatic carbocycles. The fourth-order valence-electron chi connectivity index (χ4n) is 5.87. The molecule has 8 heteroatoms. The van der Waals surface area contributed by atoms with Gasteiger partial charge < -0.3 is 24.6 Å². The van der Waals surface area contributed by atoms with Crippen LogP contribution in [0.2, 0.25) is 0 Å². The van der Waals surface area contributed by atoms with Gasteiger partial charge in [0.1, 0.15) is 13.2 Å². The number of allylic oxidation sites excluding steroid dienone is 1. The third kappa shape index (κ3) is 34.3. The van der Waals surface area contributed by atoms with Crippen molar-refractivity contribution in [3.63, 3.8) is 0 Å². The molecule has 8 nitrogen and oxygen atoms in total. The van der Waals surface area contributed by atoms with E-state index in [2.05, 4.69) is 19.2 Å². The summed E-state index contributed by atoms with van der Waals surface area (Å²) >= 11 is 0. The molecular formula is C41H77NO7. The Hall–Kier alpha value is -1.93. The van der Waals surface area contributed by atoms with Gasteiger partial charge in [0.15, 0.2) is 0 Å². The molecule has 0 heterocycles. The monoisotopic (exact) mass is 696 g/mol. The Labute approximate surface area is 301 Å². The number of unbranched alkanes of at least 4 members (excludes halogenated alkanes) is 23. The number of aliphatic hydroxyl groups is 1. The number of nitrogens with one attached hydrogen (secondary N) is 1. The zero-order valence-electron chi connectivity index (χ0n) is 32.1. The molecule has 0 spiro atoms. The van der Waals surface area contributed by atoms with Crippen molar-refractivity contribution in [3.8, 4) is 0 Å². The lowest BCUT2D eigenvalue weighted by atomic mass is 10.0. The number of rotatable bonds is 37. The molecule has 0 aliphatic rings. The van der Waals surface area contributed by atoms with Crippen molar-refractivity contribution in [2.75, 3.05) is 26.9 Å². The number of esters is 2. The van der Waals surface area contributed by atoms with Gasteiger partial charge in [-0.3, -0.25) is 14.4 Å². The second-order valence-electron chi connectivity index (χ2n) is 13.8. The van der Waals surface area contributed by atoms with E-state index in [9.17, 15) is 19.5 Å². The predicted octanol–water partition coefficient (Wildman–Crippen LogP) is 10.1. The topological polar surface area (TPSA) is 111 Å². The van der Waals surface area contributed by atoms with Gasteiger partial charge >= 0.3 is 11.9 Å². The second-order valence-corrected chi connectivity index (χ2v) is 13.8. The highest BCUT2D eigenvalue weighted by Gasteiger charge is 2.21. The first-order chi connectivity index (χ1) is 23.9. The molecule has 0 radical (unpaired) electrons. The van der Waals surface area contributed by atoms with Crippen LogP contribution in [0.15, 0.2) is 12.2 Å². The van der Waals surface area contributed by atoms with Crippen molar-refractivity contribution in [3.05, 3.63) is 12.2 Å². The minimum Gasteiger partial charge on any atom is -0.463 e. The SMILES string of the molecule is CCCCCCCCCCCCC/C=C/[C@@H](O)[C@H](COC(=O)CCC(=O)OCCOC)NC(=O)CCCCCCCCCCCCCCC. The van der Waals surface area contributed by atoms with Crippen LogP contribution >= 0.6 is 0 Å². The lowest BCUT2D eigenvalue weighted by molar-refractivity contribution is -0.151. The average molecular weight is 696 g/mol. The van der Waals surface area contributed by atoms with E-state index in [1.807, 2.05) is 6.08 Å². The summed E-state index contributed by atoms with van der Waals surface area (Å²) in [7, 11) is 1.52. The molecule has 0 saturated heterocycles. The van der Waals surface area contributed by atoms with E-state index < -0.39 is 24.1 Å². The van der Waals surface area contributed by atoms with Gasteiger partial charge in [0, 0.05) is 13.5 Å². The molecule has 0 aromatic rings. The Morgan fingerprint density at radius 2 is 1.00 bits per heavy atom. The summed E-state index contributed by atoms with van der Waals surface area (Å²) in [5.41, 5.74) is 0. The highest BCUT2D eigenvalue weighted by atomic mass is 16.6. The molecule has 1 amide bonds. The maximum atomic E-state index is 12.8. The summed E-state index contributed by atoms with van der Waals surface area (Å²) in [4.78, 5) is 36.9. The first-order valence-corrected chi connectivity index (χ1v) is 20.4. The summed E-state index contributed by atoms with van der Waals surface area (Å²) in [6.45, 7) is 4.77. The summed E-state index contributed by atoms with van der Waals surface area (Å²) in [5.74, 6) is -1.22. The van der Waals surface area contributed by atoms with Crippen LogP contribution < -0.4 is 5.32 Å². The highest BCUT2D eigenvalue weighted by molar-refractivity contribution is 5.78. The van der Waals surface area contributed by atoms with Crippen LogP contribution in [-0.4, -0.2) is 62.0 Å². The third-order valence-electron chi connectivity index (χ3n) is 9.08. The van der Waals surface area contributed by atoms with Crippen LogP contribution in [0, 0.1) is 0 Å². The molecule has 0 unspecified atom stereocenters. The van der Waals surface area contributed by atoms with Gasteiger partial charge in [-0.2, -0.15) is 0 Å². The van der Waals surface area contributed by atoms with Crippen molar-refractivity contribution in [2.45, 2.75) is 206 Å². The van der Waals surface area contributed by atoms with Gasteiger partial charge in [-0.1, -0.05) is 167 Å². The van der Waals surface area contributed by atoms with E-state index >= 15 is 0 Å². The molecule has 0 fully saturated rings. The number of hydrogen-bond acceptors (Lipinski definition) is 7. The number of aliphatic hydroxyl groups excluding tert-OH is 1. The number of methoxy groups -OCH3 is 1. The summed E-state index contributed by atoms with van der Waals surface area (Å²) < 4.78 is 15.2. The zero-order valence-corrected chi connectivity index (χ0v) is 32.1. The Morgan fingerprint density at radius 3 is 1.47 bits per heavy atom. The summed E-state index contributed by atoms with van der Waals surface area (Å²) in [6, 6.07) is -0.749. The molecule has 0 bridgehead atoms. The standard InChI is InChI=1S/C41H77NO7/c1-4-6-8-10-12-14-16-18-20-22-24-26-28-30-38(43)37(36-49-41(46)33-32-40(45)48-35-34-47-3)42-39(44)31-29-27-25-23-21-19-17-15-13-11-9-7-5-2/h28,30,37-38,43H,4-27,29,31-36H2,1-3H3,(H,42,44)/b30-28+/t37-,38+/m0/s1. The molecular weight excluding hydrogens is 618 g/mol. The van der Waals surface area contributed by atoms with E-state index in [0.717, 1.165) is 32.1 Å². The van der Waals surface area contributed by atoms with Gasteiger partial charge in [0.05, 0.1) is 31.6 Å². The Bertz CT molecular complexity index is 788. The van der Waals surface area contributed by atoms with Crippen molar-refractivity contribution >= 4 is 17.8 Å². The first-order valence-electron chi connectivity index (χ1n) is 20.4. The van der Waals surface area contributed by atoms with E-state index in [1.54, 1.807) is 6.08 Å². The Kier molecular flexibility index (Phi) is 35.9. The minimum atomic E-state index is -0.977. The third-order valence-corrected chi connectivity index (χ3v) is 9.08. The largest absolute Gasteiger partial charge is 0.463 e. The van der Waals surface area contributed by atoms with E-state index in [-0.39, 0.29) is 32.0 Å². The molecule has 0 rings (SSSR count). The molecule has 0 aliphatic carbocycles. The van der Waals surface area contributed by atoms with Crippen molar-refractivity contribution < 1.29 is 33.7 Å². The molecule has 0 aromatic heterocycles. The van der Waals surface area contributed by atoms with Gasteiger partial charge in [-0.05, 0) is 19.3 Å². The Balaban J connectivity index is 4.45. The summed E-state index contributed by atoms with van der Waals surface area (Å²) in [5, 5.41) is 13.8. The van der Waals surface area contributed by atoms with Crippen LogP contribution in [0.5, 0.6) is 0 Å². The predicted molar refractivity (Wildman–Crippen MR) is 201 cm³/mol. The summed E-state index contributed by atoms with van der Waals surface area (Å²) in [6.07, 6.45) is 34.0. The second kappa shape index (κ2) is 37.3. The quantitative estimate of drug-likeness (QED) is 0.0378. The maximum absolute atomic E-state index is 12.8. The average Bonchev–Trinajstić information content (AvgIpc) is 3.09. The molecule has 2 atom stereocenters. The fourth-order valence-corrected chi connectivity index (χ4v) is 5.87.